The van der Waals surface area contributed by atoms with Gasteiger partial charge in [0.25, 0.3) is 6.47 Å². The summed E-state index contributed by atoms with van der Waals surface area (Å²) in [5.74, 6) is 6.22. The van der Waals surface area contributed by atoms with Gasteiger partial charge in [0.15, 0.2) is 0 Å². The molecule has 2 aromatic rings. The molecule has 1 aliphatic heterocycles. The Labute approximate surface area is 170 Å². The summed E-state index contributed by atoms with van der Waals surface area (Å²) < 4.78 is 9.55. The molecule has 1 heterocycles. The Bertz CT molecular complexity index is 819. The lowest BCUT2D eigenvalue weighted by Gasteiger charge is -2.36. The molecule has 6 nitrogen and oxygen atoms in total. The molecule has 1 saturated heterocycles. The second-order valence-electron chi connectivity index (χ2n) is 6.72. The number of ether oxygens (including phenoxy) is 2. The highest BCUT2D eigenvalue weighted by atomic mass is 16.5. The minimum Gasteiger partial charge on any atom is -0.471 e. The van der Waals surface area contributed by atoms with E-state index in [2.05, 4.69) is 16.6 Å². The largest absolute Gasteiger partial charge is 0.471 e. The summed E-state index contributed by atoms with van der Waals surface area (Å²) in [6.07, 6.45) is -2.80. The van der Waals surface area contributed by atoms with Crippen LogP contribution >= 0.6 is 0 Å². The van der Waals surface area contributed by atoms with E-state index < -0.39 is 24.4 Å². The third-order valence-electron chi connectivity index (χ3n) is 4.49. The van der Waals surface area contributed by atoms with Crippen LogP contribution in [0, 0.1) is 18.8 Å². The number of aliphatic hydroxyl groups is 3. The molecule has 154 valence electrons. The highest BCUT2D eigenvalue weighted by Crippen LogP contribution is 2.32. The Morgan fingerprint density at radius 3 is 2.07 bits per heavy atom. The molecule has 3 rings (SSSR count). The molecular weight excluding hydrogens is 372 g/mol. The summed E-state index contributed by atoms with van der Waals surface area (Å²) in [7, 11) is 1.31. The number of carbonyl (C=O) groups is 1. The number of hydrogen-bond acceptors (Lipinski definition) is 6. The van der Waals surface area contributed by atoms with Gasteiger partial charge in [-0.05, 0) is 36.8 Å². The van der Waals surface area contributed by atoms with Gasteiger partial charge in [-0.2, -0.15) is 0 Å². The lowest BCUT2D eigenvalue weighted by atomic mass is 9.93. The first-order valence-electron chi connectivity index (χ1n) is 9.26. The van der Waals surface area contributed by atoms with Crippen LogP contribution in [-0.4, -0.2) is 53.8 Å². The van der Waals surface area contributed by atoms with Crippen LogP contribution < -0.4 is 0 Å². The quantitative estimate of drug-likeness (QED) is 0.538. The Morgan fingerprint density at radius 1 is 1.07 bits per heavy atom. The first-order valence-corrected chi connectivity index (χ1v) is 9.26. The van der Waals surface area contributed by atoms with Crippen molar-refractivity contribution < 1.29 is 29.6 Å². The van der Waals surface area contributed by atoms with Crippen LogP contribution in [0.1, 0.15) is 34.8 Å². The van der Waals surface area contributed by atoms with Gasteiger partial charge in [0.1, 0.15) is 12.2 Å². The number of aliphatic hydroxyl groups excluding tert-OH is 3. The minimum atomic E-state index is -1.01. The molecular formula is C23H26O6. The number of methoxy groups -OCH3 is 1. The van der Waals surface area contributed by atoms with Crippen LogP contribution in [-0.2, 0) is 14.3 Å². The van der Waals surface area contributed by atoms with Gasteiger partial charge in [0.2, 0.25) is 0 Å². The van der Waals surface area contributed by atoms with Crippen molar-refractivity contribution in [1.29, 1.82) is 0 Å². The third kappa shape index (κ3) is 6.70. The topological polar surface area (TPSA) is 96.2 Å². The van der Waals surface area contributed by atoms with E-state index in [4.69, 9.17) is 9.53 Å². The van der Waals surface area contributed by atoms with Crippen molar-refractivity contribution >= 4 is 6.47 Å². The third-order valence-corrected chi connectivity index (χ3v) is 4.49. The number of hydrogen-bond donors (Lipinski definition) is 3. The molecule has 1 fully saturated rings. The second kappa shape index (κ2) is 11.3. The predicted octanol–water partition coefficient (Wildman–Crippen LogP) is 1.73. The molecule has 0 aromatic heterocycles. The van der Waals surface area contributed by atoms with E-state index in [9.17, 15) is 15.3 Å². The maximum atomic E-state index is 10.2. The van der Waals surface area contributed by atoms with Crippen molar-refractivity contribution in [2.24, 2.45) is 0 Å². The zero-order valence-electron chi connectivity index (χ0n) is 16.5. The molecule has 1 aliphatic rings. The zero-order valence-corrected chi connectivity index (χ0v) is 16.5. The summed E-state index contributed by atoms with van der Waals surface area (Å²) >= 11 is 0. The van der Waals surface area contributed by atoms with Gasteiger partial charge in [-0.1, -0.05) is 41.7 Å². The van der Waals surface area contributed by atoms with Crippen LogP contribution in [0.15, 0.2) is 48.5 Å². The zero-order chi connectivity index (χ0) is 21.2. The molecule has 4 atom stereocenters. The smallest absolute Gasteiger partial charge is 0.292 e. The number of carbonyl (C=O) groups excluding carboxylic acids is 1. The monoisotopic (exact) mass is 398 g/mol. The molecule has 2 aromatic carbocycles. The van der Waals surface area contributed by atoms with E-state index in [-0.39, 0.29) is 13.0 Å². The average Bonchev–Trinajstić information content (AvgIpc) is 2.75. The van der Waals surface area contributed by atoms with Crippen molar-refractivity contribution in [1.82, 2.24) is 0 Å². The summed E-state index contributed by atoms with van der Waals surface area (Å²) in [5, 5.41) is 29.4. The van der Waals surface area contributed by atoms with Gasteiger partial charge in [-0.15, -0.1) is 0 Å². The van der Waals surface area contributed by atoms with Crippen molar-refractivity contribution in [2.45, 2.75) is 37.8 Å². The van der Waals surface area contributed by atoms with Gasteiger partial charge >= 0.3 is 0 Å². The Hall–Kier alpha value is -2.69. The molecule has 6 heteroatoms. The van der Waals surface area contributed by atoms with Crippen LogP contribution in [0.2, 0.25) is 0 Å². The van der Waals surface area contributed by atoms with Gasteiger partial charge in [0.05, 0.1) is 25.9 Å². The lowest BCUT2D eigenvalue weighted by molar-refractivity contribution is -0.179. The summed E-state index contributed by atoms with van der Waals surface area (Å²) in [6.45, 7) is 2.23. The van der Waals surface area contributed by atoms with E-state index in [1.54, 1.807) is 0 Å². The molecule has 0 bridgehead atoms. The van der Waals surface area contributed by atoms with Crippen molar-refractivity contribution in [3.8, 4) is 11.8 Å². The van der Waals surface area contributed by atoms with Gasteiger partial charge < -0.3 is 24.8 Å². The van der Waals surface area contributed by atoms with E-state index >= 15 is 0 Å². The second-order valence-corrected chi connectivity index (χ2v) is 6.72. The average molecular weight is 398 g/mol. The number of aryl methyl sites for hydroxylation is 1. The Balaban J connectivity index is 0.000000687. The molecule has 0 amide bonds. The fourth-order valence-corrected chi connectivity index (χ4v) is 2.88. The lowest BCUT2D eigenvalue weighted by Crippen LogP contribution is -2.44. The van der Waals surface area contributed by atoms with Gasteiger partial charge in [-0.25, -0.2) is 0 Å². The Kier molecular flexibility index (Phi) is 8.84. The normalized spacial score (nSPS) is 23.1. The van der Waals surface area contributed by atoms with Gasteiger partial charge in [0, 0.05) is 17.5 Å². The molecule has 0 saturated carbocycles. The highest BCUT2D eigenvalue weighted by Gasteiger charge is 2.37. The molecule has 29 heavy (non-hydrogen) atoms. The highest BCUT2D eigenvalue weighted by molar-refractivity contribution is 5.44. The maximum absolute atomic E-state index is 10.2. The SMILES string of the molecule is COC=O.Cc1ccc(C#Cc2ccc([C@H]3OC(CO)CC(O)C3O)cc2)cc1. The van der Waals surface area contributed by atoms with E-state index in [0.717, 1.165) is 16.7 Å². The van der Waals surface area contributed by atoms with Crippen LogP contribution in [0.5, 0.6) is 0 Å². The van der Waals surface area contributed by atoms with Crippen molar-refractivity contribution in [3.05, 3.63) is 70.8 Å². The fourth-order valence-electron chi connectivity index (χ4n) is 2.88. The molecule has 0 aliphatic carbocycles. The van der Waals surface area contributed by atoms with E-state index in [0.29, 0.717) is 6.47 Å². The number of benzene rings is 2. The Morgan fingerprint density at radius 2 is 1.59 bits per heavy atom. The summed E-state index contributed by atoms with van der Waals surface area (Å²) in [5.41, 5.74) is 3.76. The minimum absolute atomic E-state index is 0.180. The standard InChI is InChI=1S/C21H22O4.C2H4O2/c1-14-2-4-15(5-3-14)6-7-16-8-10-17(11-9-16)21-20(24)19(23)12-18(13-22)25-21;1-4-2-3/h2-5,8-11,18-24H,12-13H2,1H3;2H,1H3/t18?,19?,20?,21-;/m1./s1. The van der Waals surface area contributed by atoms with Crippen LogP contribution in [0.3, 0.4) is 0 Å². The first kappa shape index (κ1) is 22.6. The van der Waals surface area contributed by atoms with E-state index in [1.807, 2.05) is 55.5 Å². The number of rotatable bonds is 3. The summed E-state index contributed by atoms with van der Waals surface area (Å²) in [4.78, 5) is 8.95. The van der Waals surface area contributed by atoms with Crippen LogP contribution in [0.4, 0.5) is 0 Å². The molecule has 0 radical (unpaired) electrons. The maximum Gasteiger partial charge on any atom is 0.292 e. The van der Waals surface area contributed by atoms with Crippen LogP contribution in [0.25, 0.3) is 0 Å². The first-order chi connectivity index (χ1) is 14.0. The fraction of sp³-hybridized carbons (Fsp3) is 0.348. The van der Waals surface area contributed by atoms with Gasteiger partial charge in [-0.3, -0.25) is 4.79 Å². The molecule has 3 unspecified atom stereocenters. The van der Waals surface area contributed by atoms with Crippen molar-refractivity contribution in [2.75, 3.05) is 13.7 Å². The molecule has 3 N–H and O–H groups in total. The predicted molar refractivity (Wildman–Crippen MR) is 108 cm³/mol. The van der Waals surface area contributed by atoms with Crippen molar-refractivity contribution in [3.63, 3.8) is 0 Å². The molecule has 0 spiro atoms. The van der Waals surface area contributed by atoms with E-state index in [1.165, 1.54) is 12.7 Å². The summed E-state index contributed by atoms with van der Waals surface area (Å²) in [6, 6.07) is 15.4.